The topological polar surface area (TPSA) is 49.3 Å². The maximum Gasteiger partial charge on any atom is 0.252 e. The van der Waals surface area contributed by atoms with Crippen LogP contribution in [0.4, 0.5) is 0 Å². The number of carbonyl (C=O) groups is 1. The minimum Gasteiger partial charge on any atom is -0.396 e. The van der Waals surface area contributed by atoms with Crippen LogP contribution in [0.1, 0.15) is 23.2 Å². The minimum absolute atomic E-state index is 0.0390. The first-order valence-electron chi connectivity index (χ1n) is 5.31. The molecule has 1 amide bonds. The molecule has 1 aromatic rings. The molecular weight excluding hydrogens is 222 g/mol. The highest BCUT2D eigenvalue weighted by Gasteiger charge is 2.08. The summed E-state index contributed by atoms with van der Waals surface area (Å²) in [5, 5.41) is 11.5. The maximum absolute atomic E-state index is 11.8. The summed E-state index contributed by atoms with van der Waals surface area (Å²) in [5.41, 5.74) is 0.721. The largest absolute Gasteiger partial charge is 0.396 e. The zero-order valence-corrected chi connectivity index (χ0v) is 10.2. The molecule has 3 nitrogen and oxygen atoms in total. The van der Waals surface area contributed by atoms with E-state index < -0.39 is 0 Å². The maximum atomic E-state index is 11.8. The van der Waals surface area contributed by atoms with Gasteiger partial charge in [-0.15, -0.1) is 11.8 Å². The molecule has 4 heteroatoms. The van der Waals surface area contributed by atoms with Crippen molar-refractivity contribution in [3.05, 3.63) is 29.8 Å². The average molecular weight is 239 g/mol. The van der Waals surface area contributed by atoms with Crippen LogP contribution in [0.5, 0.6) is 0 Å². The summed E-state index contributed by atoms with van der Waals surface area (Å²) >= 11 is 1.57. The molecular formula is C12H17NO2S. The minimum atomic E-state index is -0.0390. The van der Waals surface area contributed by atoms with Gasteiger partial charge in [0.2, 0.25) is 0 Å². The van der Waals surface area contributed by atoms with Crippen LogP contribution < -0.4 is 5.32 Å². The molecule has 88 valence electrons. The van der Waals surface area contributed by atoms with Gasteiger partial charge in [0.15, 0.2) is 0 Å². The summed E-state index contributed by atoms with van der Waals surface area (Å²) in [4.78, 5) is 12.8. The van der Waals surface area contributed by atoms with Gasteiger partial charge in [0, 0.05) is 18.0 Å². The Morgan fingerprint density at radius 3 is 2.81 bits per heavy atom. The summed E-state index contributed by atoms with van der Waals surface area (Å²) in [6.07, 6.45) is 3.49. The van der Waals surface area contributed by atoms with E-state index >= 15 is 0 Å². The van der Waals surface area contributed by atoms with Gasteiger partial charge in [-0.1, -0.05) is 12.1 Å². The Morgan fingerprint density at radius 2 is 2.12 bits per heavy atom. The Kier molecular flexibility index (Phi) is 5.96. The van der Waals surface area contributed by atoms with Crippen molar-refractivity contribution in [2.75, 3.05) is 19.4 Å². The lowest BCUT2D eigenvalue weighted by molar-refractivity contribution is 0.0949. The lowest BCUT2D eigenvalue weighted by atomic mass is 10.2. The third-order valence-electron chi connectivity index (χ3n) is 2.22. The number of aliphatic hydroxyl groups excluding tert-OH is 1. The predicted octanol–water partition coefficient (Wildman–Crippen LogP) is 1.91. The molecule has 0 unspecified atom stereocenters. The molecule has 16 heavy (non-hydrogen) atoms. The number of carbonyl (C=O) groups excluding carboxylic acids is 1. The fourth-order valence-electron chi connectivity index (χ4n) is 1.37. The van der Waals surface area contributed by atoms with Gasteiger partial charge in [0.05, 0.1) is 5.56 Å². The van der Waals surface area contributed by atoms with Crippen molar-refractivity contribution in [1.82, 2.24) is 5.32 Å². The van der Waals surface area contributed by atoms with E-state index in [2.05, 4.69) is 5.32 Å². The molecule has 2 N–H and O–H groups in total. The van der Waals surface area contributed by atoms with E-state index in [4.69, 9.17) is 5.11 Å². The highest BCUT2D eigenvalue weighted by atomic mass is 32.2. The number of nitrogens with one attached hydrogen (secondary N) is 1. The first-order valence-corrected chi connectivity index (χ1v) is 6.54. The number of unbranched alkanes of at least 4 members (excludes halogenated alkanes) is 1. The van der Waals surface area contributed by atoms with Gasteiger partial charge in [0.1, 0.15) is 0 Å². The van der Waals surface area contributed by atoms with E-state index in [1.54, 1.807) is 11.8 Å². The Hall–Kier alpha value is -1.00. The molecule has 0 aromatic heterocycles. The van der Waals surface area contributed by atoms with Crippen LogP contribution in [0, 0.1) is 0 Å². The molecule has 0 saturated carbocycles. The van der Waals surface area contributed by atoms with Crippen molar-refractivity contribution in [2.45, 2.75) is 17.7 Å². The van der Waals surface area contributed by atoms with Crippen LogP contribution in [0.3, 0.4) is 0 Å². The second-order valence-electron chi connectivity index (χ2n) is 3.39. The fourth-order valence-corrected chi connectivity index (χ4v) is 1.96. The smallest absolute Gasteiger partial charge is 0.252 e. The standard InChI is InChI=1S/C12H17NO2S/c1-16-11-7-3-2-6-10(11)12(15)13-8-4-5-9-14/h2-3,6-7,14H,4-5,8-9H2,1H3,(H,13,15). The third kappa shape index (κ3) is 3.87. The zero-order valence-electron chi connectivity index (χ0n) is 9.40. The van der Waals surface area contributed by atoms with Crippen molar-refractivity contribution in [3.63, 3.8) is 0 Å². The van der Waals surface area contributed by atoms with Gasteiger partial charge in [-0.05, 0) is 31.2 Å². The molecule has 0 aliphatic carbocycles. The Balaban J connectivity index is 2.52. The second kappa shape index (κ2) is 7.30. The molecule has 0 aliphatic rings. The molecule has 1 aromatic carbocycles. The molecule has 0 bridgehead atoms. The lowest BCUT2D eigenvalue weighted by Gasteiger charge is -2.07. The number of hydrogen-bond acceptors (Lipinski definition) is 3. The summed E-state index contributed by atoms with van der Waals surface area (Å²) in [7, 11) is 0. The number of amides is 1. The van der Waals surface area contributed by atoms with Gasteiger partial charge >= 0.3 is 0 Å². The fraction of sp³-hybridized carbons (Fsp3) is 0.417. The summed E-state index contributed by atoms with van der Waals surface area (Å²) in [6.45, 7) is 0.791. The van der Waals surface area contributed by atoms with Crippen molar-refractivity contribution < 1.29 is 9.90 Å². The summed E-state index contributed by atoms with van der Waals surface area (Å²) in [6, 6.07) is 7.55. The van der Waals surface area contributed by atoms with E-state index in [-0.39, 0.29) is 12.5 Å². The van der Waals surface area contributed by atoms with Gasteiger partial charge < -0.3 is 10.4 Å². The van der Waals surface area contributed by atoms with Crippen LogP contribution in [0.2, 0.25) is 0 Å². The highest BCUT2D eigenvalue weighted by Crippen LogP contribution is 2.19. The van der Waals surface area contributed by atoms with E-state index in [1.165, 1.54) is 0 Å². The molecule has 0 saturated heterocycles. The number of benzene rings is 1. The number of hydrogen-bond donors (Lipinski definition) is 2. The van der Waals surface area contributed by atoms with Crippen LogP contribution in [0.15, 0.2) is 29.2 Å². The first-order chi connectivity index (χ1) is 7.79. The van der Waals surface area contributed by atoms with Gasteiger partial charge in [0.25, 0.3) is 5.91 Å². The van der Waals surface area contributed by atoms with Crippen LogP contribution >= 0.6 is 11.8 Å². The van der Waals surface area contributed by atoms with Crippen molar-refractivity contribution >= 4 is 17.7 Å². The van der Waals surface area contributed by atoms with E-state index in [9.17, 15) is 4.79 Å². The first kappa shape index (κ1) is 13.1. The van der Waals surface area contributed by atoms with Crippen LogP contribution in [0.25, 0.3) is 0 Å². The highest BCUT2D eigenvalue weighted by molar-refractivity contribution is 7.98. The van der Waals surface area contributed by atoms with Gasteiger partial charge in [-0.3, -0.25) is 4.79 Å². The molecule has 1 rings (SSSR count). The van der Waals surface area contributed by atoms with Crippen molar-refractivity contribution in [3.8, 4) is 0 Å². The molecule has 0 spiro atoms. The van der Waals surface area contributed by atoms with Crippen LogP contribution in [-0.4, -0.2) is 30.4 Å². The quantitative estimate of drug-likeness (QED) is 0.589. The molecule has 0 atom stereocenters. The third-order valence-corrected chi connectivity index (χ3v) is 3.02. The zero-order chi connectivity index (χ0) is 11.8. The molecule has 0 heterocycles. The van der Waals surface area contributed by atoms with Crippen molar-refractivity contribution in [1.29, 1.82) is 0 Å². The Labute approximate surface area is 100 Å². The van der Waals surface area contributed by atoms with Crippen LogP contribution in [-0.2, 0) is 0 Å². The number of rotatable bonds is 6. The van der Waals surface area contributed by atoms with E-state index in [0.29, 0.717) is 6.54 Å². The molecule has 0 radical (unpaired) electrons. The van der Waals surface area contributed by atoms with E-state index in [0.717, 1.165) is 23.3 Å². The lowest BCUT2D eigenvalue weighted by Crippen LogP contribution is -2.25. The summed E-state index contributed by atoms with van der Waals surface area (Å²) < 4.78 is 0. The molecule has 0 fully saturated rings. The SMILES string of the molecule is CSc1ccccc1C(=O)NCCCCO. The number of thioether (sulfide) groups is 1. The average Bonchev–Trinajstić information content (AvgIpc) is 2.34. The van der Waals surface area contributed by atoms with Gasteiger partial charge in [-0.2, -0.15) is 0 Å². The number of aliphatic hydroxyl groups is 1. The second-order valence-corrected chi connectivity index (χ2v) is 4.23. The monoisotopic (exact) mass is 239 g/mol. The van der Waals surface area contributed by atoms with E-state index in [1.807, 2.05) is 30.5 Å². The van der Waals surface area contributed by atoms with Crippen molar-refractivity contribution in [2.24, 2.45) is 0 Å². The molecule has 0 aliphatic heterocycles. The normalized spacial score (nSPS) is 10.1. The predicted molar refractivity (Wildman–Crippen MR) is 66.9 cm³/mol. The Bertz CT molecular complexity index is 342. The Morgan fingerprint density at radius 1 is 1.38 bits per heavy atom. The van der Waals surface area contributed by atoms with Gasteiger partial charge in [-0.25, -0.2) is 0 Å². The summed E-state index contributed by atoms with van der Waals surface area (Å²) in [5.74, 6) is -0.0390.